The highest BCUT2D eigenvalue weighted by molar-refractivity contribution is 5.73. The minimum atomic E-state index is -0.138. The van der Waals surface area contributed by atoms with Crippen LogP contribution in [0.3, 0.4) is 0 Å². The molecule has 90 valence electrons. The fourth-order valence-corrected chi connectivity index (χ4v) is 2.75. The van der Waals surface area contributed by atoms with Crippen LogP contribution in [0.25, 0.3) is 0 Å². The van der Waals surface area contributed by atoms with Crippen molar-refractivity contribution in [3.05, 3.63) is 35.4 Å². The third-order valence-electron chi connectivity index (χ3n) is 3.41. The first-order valence-electron chi connectivity index (χ1n) is 5.70. The highest BCUT2D eigenvalue weighted by Gasteiger charge is 2.48. The van der Waals surface area contributed by atoms with Crippen LogP contribution in [0.2, 0.25) is 0 Å². The van der Waals surface area contributed by atoms with Gasteiger partial charge in [-0.25, -0.2) is 0 Å². The Morgan fingerprint density at radius 3 is 2.88 bits per heavy atom. The van der Waals surface area contributed by atoms with Crippen LogP contribution in [0.5, 0.6) is 0 Å². The molecule has 4 nitrogen and oxygen atoms in total. The molecule has 0 saturated carbocycles. The van der Waals surface area contributed by atoms with Gasteiger partial charge in [-0.2, -0.15) is 0 Å². The van der Waals surface area contributed by atoms with Gasteiger partial charge >= 0.3 is 5.97 Å². The maximum atomic E-state index is 11.4. The molecule has 3 rings (SSSR count). The normalized spacial score (nSPS) is 29.9. The van der Waals surface area contributed by atoms with E-state index >= 15 is 0 Å². The fourth-order valence-electron chi connectivity index (χ4n) is 2.75. The van der Waals surface area contributed by atoms with Crippen molar-refractivity contribution >= 4 is 5.97 Å². The second-order valence-corrected chi connectivity index (χ2v) is 4.40. The van der Waals surface area contributed by atoms with Crippen LogP contribution in [-0.4, -0.2) is 19.9 Å². The summed E-state index contributed by atoms with van der Waals surface area (Å²) in [6.07, 6.45) is 0.191. The fraction of sp³-hybridized carbons (Fsp3) is 0.462. The van der Waals surface area contributed by atoms with Crippen LogP contribution in [0.1, 0.15) is 29.8 Å². The molecule has 4 heteroatoms. The van der Waals surface area contributed by atoms with E-state index in [9.17, 15) is 4.79 Å². The summed E-state index contributed by atoms with van der Waals surface area (Å²) in [5.41, 5.74) is 2.19. The van der Waals surface area contributed by atoms with Crippen molar-refractivity contribution in [1.82, 2.24) is 0 Å². The van der Waals surface area contributed by atoms with E-state index in [0.717, 1.165) is 11.1 Å². The topological polar surface area (TPSA) is 44.8 Å². The van der Waals surface area contributed by atoms with E-state index in [2.05, 4.69) is 0 Å². The molecule has 1 aliphatic heterocycles. The first-order chi connectivity index (χ1) is 8.31. The highest BCUT2D eigenvalue weighted by Crippen LogP contribution is 2.52. The maximum absolute atomic E-state index is 11.4. The average molecular weight is 234 g/mol. The Bertz CT molecular complexity index is 443. The zero-order valence-corrected chi connectivity index (χ0v) is 9.59. The van der Waals surface area contributed by atoms with E-state index in [1.54, 1.807) is 7.11 Å². The molecule has 1 aromatic carbocycles. The molecular formula is C13H14O4. The molecule has 1 heterocycles. The van der Waals surface area contributed by atoms with Crippen molar-refractivity contribution in [2.45, 2.75) is 18.6 Å². The summed E-state index contributed by atoms with van der Waals surface area (Å²) in [6, 6.07) is 7.97. The Morgan fingerprint density at radius 1 is 1.35 bits per heavy atom. The van der Waals surface area contributed by atoms with E-state index < -0.39 is 0 Å². The summed E-state index contributed by atoms with van der Waals surface area (Å²) < 4.78 is 16.0. The molecule has 0 spiro atoms. The number of carbonyl (C=O) groups excluding carboxylic acids is 1. The summed E-state index contributed by atoms with van der Waals surface area (Å²) in [4.78, 5) is 11.4. The molecule has 0 bridgehead atoms. The second-order valence-electron chi connectivity index (χ2n) is 4.40. The molecule has 0 N–H and O–H groups in total. The van der Waals surface area contributed by atoms with Crippen LogP contribution in [0.4, 0.5) is 0 Å². The van der Waals surface area contributed by atoms with Crippen molar-refractivity contribution in [2.24, 2.45) is 5.92 Å². The molecule has 1 aliphatic carbocycles. The summed E-state index contributed by atoms with van der Waals surface area (Å²) in [5, 5.41) is 0. The third kappa shape index (κ3) is 1.64. The van der Waals surface area contributed by atoms with Gasteiger partial charge in [0, 0.05) is 13.0 Å². The van der Waals surface area contributed by atoms with Crippen molar-refractivity contribution in [3.8, 4) is 0 Å². The van der Waals surface area contributed by atoms with Crippen molar-refractivity contribution in [2.75, 3.05) is 13.9 Å². The monoisotopic (exact) mass is 234 g/mol. The van der Waals surface area contributed by atoms with Gasteiger partial charge in [0.1, 0.15) is 12.9 Å². The number of ether oxygens (including phenoxy) is 3. The quantitative estimate of drug-likeness (QED) is 0.592. The van der Waals surface area contributed by atoms with E-state index in [1.807, 2.05) is 24.3 Å². The molecule has 17 heavy (non-hydrogen) atoms. The molecule has 2 aliphatic rings. The smallest absolute Gasteiger partial charge is 0.306 e. The van der Waals surface area contributed by atoms with Crippen molar-refractivity contribution in [1.29, 1.82) is 0 Å². The zero-order chi connectivity index (χ0) is 11.8. The van der Waals surface area contributed by atoms with Gasteiger partial charge < -0.3 is 14.2 Å². The molecule has 1 fully saturated rings. The van der Waals surface area contributed by atoms with Crippen LogP contribution in [-0.2, 0) is 19.0 Å². The van der Waals surface area contributed by atoms with Crippen LogP contribution < -0.4 is 0 Å². The number of benzene rings is 1. The molecular weight excluding hydrogens is 220 g/mol. The third-order valence-corrected chi connectivity index (χ3v) is 3.41. The first-order valence-corrected chi connectivity index (χ1v) is 5.70. The first kappa shape index (κ1) is 10.7. The lowest BCUT2D eigenvalue weighted by Gasteiger charge is -2.17. The largest absolute Gasteiger partial charge is 0.457 e. The van der Waals surface area contributed by atoms with Gasteiger partial charge in [0.15, 0.2) is 0 Å². The van der Waals surface area contributed by atoms with Crippen molar-refractivity contribution in [3.63, 3.8) is 0 Å². The Labute approximate surface area is 99.5 Å². The van der Waals surface area contributed by atoms with Gasteiger partial charge in [0.2, 0.25) is 0 Å². The summed E-state index contributed by atoms with van der Waals surface area (Å²) in [6.45, 7) is 0.233. The SMILES string of the molecule is COCO[C@H]1c2ccccc2[C@H]2OC(=O)C[C@H]21. The summed E-state index contributed by atoms with van der Waals surface area (Å²) >= 11 is 0. The minimum Gasteiger partial charge on any atom is -0.457 e. The average Bonchev–Trinajstić information content (AvgIpc) is 2.83. The highest BCUT2D eigenvalue weighted by atomic mass is 16.7. The van der Waals surface area contributed by atoms with Gasteiger partial charge in [-0.05, 0) is 11.1 Å². The van der Waals surface area contributed by atoms with Crippen LogP contribution in [0, 0.1) is 5.92 Å². The van der Waals surface area contributed by atoms with Crippen LogP contribution in [0.15, 0.2) is 24.3 Å². The van der Waals surface area contributed by atoms with Crippen molar-refractivity contribution < 1.29 is 19.0 Å². The molecule has 0 radical (unpaired) electrons. The Balaban J connectivity index is 1.94. The number of esters is 1. The Kier molecular flexibility index (Phi) is 2.61. The zero-order valence-electron chi connectivity index (χ0n) is 9.59. The number of fused-ring (bicyclic) bond motifs is 3. The number of carbonyl (C=O) groups is 1. The number of rotatable bonds is 3. The molecule has 0 aromatic heterocycles. The van der Waals surface area contributed by atoms with Gasteiger partial charge in [-0.3, -0.25) is 4.79 Å². The second kappa shape index (κ2) is 4.13. The van der Waals surface area contributed by atoms with Gasteiger partial charge in [0.25, 0.3) is 0 Å². The predicted molar refractivity (Wildman–Crippen MR) is 59.1 cm³/mol. The van der Waals surface area contributed by atoms with E-state index in [4.69, 9.17) is 14.2 Å². The maximum Gasteiger partial charge on any atom is 0.306 e. The molecule has 0 unspecified atom stereocenters. The number of hydrogen-bond acceptors (Lipinski definition) is 4. The minimum absolute atomic E-state index is 0.0926. The van der Waals surface area contributed by atoms with E-state index in [1.165, 1.54) is 0 Å². The lowest BCUT2D eigenvalue weighted by Crippen LogP contribution is -2.12. The standard InChI is InChI=1S/C13H14O4/c1-15-7-16-12-8-4-2-3-5-9(8)13-10(12)6-11(14)17-13/h2-5,10,12-13H,6-7H2,1H3/t10-,12-,13+/m0/s1. The van der Waals surface area contributed by atoms with Crippen LogP contribution >= 0.6 is 0 Å². The summed E-state index contributed by atoms with van der Waals surface area (Å²) in [5.74, 6) is -0.0458. The molecule has 3 atom stereocenters. The Hall–Kier alpha value is -1.39. The van der Waals surface area contributed by atoms with E-state index in [0.29, 0.717) is 6.42 Å². The molecule has 1 saturated heterocycles. The lowest BCUT2D eigenvalue weighted by atomic mass is 10.00. The molecule has 0 amide bonds. The number of hydrogen-bond donors (Lipinski definition) is 0. The number of methoxy groups -OCH3 is 1. The van der Waals surface area contributed by atoms with Gasteiger partial charge in [0.05, 0.1) is 12.5 Å². The predicted octanol–water partition coefficient (Wildman–Crippen LogP) is 1.97. The lowest BCUT2D eigenvalue weighted by molar-refractivity contribution is -0.141. The van der Waals surface area contributed by atoms with E-state index in [-0.39, 0.29) is 30.9 Å². The Morgan fingerprint density at radius 2 is 2.12 bits per heavy atom. The molecule has 1 aromatic rings. The van der Waals surface area contributed by atoms with Gasteiger partial charge in [-0.1, -0.05) is 24.3 Å². The summed E-state index contributed by atoms with van der Waals surface area (Å²) in [7, 11) is 1.59. The van der Waals surface area contributed by atoms with Gasteiger partial charge in [-0.15, -0.1) is 0 Å².